The van der Waals surface area contributed by atoms with Crippen molar-refractivity contribution in [1.29, 1.82) is 0 Å². The first-order valence-electron chi connectivity index (χ1n) is 26.6. The SMILES string of the molecule is CC(C)(C)c1ccc2c(c1)C(C)(C)c1cc(-c3ccc4c(c3)C(C)(C)c3cc(-c5ccc6c(c5)C(C)(C)c5cc(-c7ccc8cc(-c9ccc%10cc(C(C)(C)C)ccc%10c9)ccc8c7)ccc5-6)ccc3-4)ccc1-2. The molecule has 3 aliphatic rings. The minimum Gasteiger partial charge on any atom is -0.0579 e. The van der Waals surface area contributed by atoms with E-state index in [-0.39, 0.29) is 27.1 Å². The molecule has 10 aromatic rings. The second kappa shape index (κ2) is 15.4. The van der Waals surface area contributed by atoms with Crippen molar-refractivity contribution in [1.82, 2.24) is 0 Å². The average molecular weight is 943 g/mol. The van der Waals surface area contributed by atoms with Crippen molar-refractivity contribution in [2.75, 3.05) is 0 Å². The molecule has 3 aliphatic carbocycles. The van der Waals surface area contributed by atoms with Crippen molar-refractivity contribution in [2.24, 2.45) is 0 Å². The minimum atomic E-state index is -0.149. The highest BCUT2D eigenvalue weighted by molar-refractivity contribution is 5.95. The van der Waals surface area contributed by atoms with Gasteiger partial charge in [-0.15, -0.1) is 0 Å². The van der Waals surface area contributed by atoms with Crippen LogP contribution in [0.1, 0.15) is 128 Å². The lowest BCUT2D eigenvalue weighted by Crippen LogP contribution is -2.17. The lowest BCUT2D eigenvalue weighted by Gasteiger charge is -2.25. The van der Waals surface area contributed by atoms with Gasteiger partial charge in [-0.25, -0.2) is 0 Å². The van der Waals surface area contributed by atoms with Crippen molar-refractivity contribution in [3.63, 3.8) is 0 Å². The Kier molecular flexibility index (Phi) is 9.60. The van der Waals surface area contributed by atoms with Gasteiger partial charge in [0, 0.05) is 16.2 Å². The van der Waals surface area contributed by atoms with Gasteiger partial charge in [0.1, 0.15) is 0 Å². The molecule has 0 fully saturated rings. The molecule has 0 heteroatoms. The molecule has 0 unspecified atom stereocenters. The Labute approximate surface area is 433 Å². The van der Waals surface area contributed by atoms with E-state index in [1.807, 2.05) is 0 Å². The Bertz CT molecular complexity index is 4000. The zero-order valence-electron chi connectivity index (χ0n) is 44.8. The average Bonchev–Trinajstić information content (AvgIpc) is 3.86. The van der Waals surface area contributed by atoms with E-state index in [0.29, 0.717) is 0 Å². The van der Waals surface area contributed by atoms with Crippen LogP contribution in [0.4, 0.5) is 0 Å². The van der Waals surface area contributed by atoms with Crippen LogP contribution in [-0.2, 0) is 27.1 Å². The molecule has 0 spiro atoms. The molecule has 73 heavy (non-hydrogen) atoms. The smallest absolute Gasteiger partial charge is 0.0159 e. The lowest BCUT2D eigenvalue weighted by molar-refractivity contribution is 0.584. The van der Waals surface area contributed by atoms with Crippen molar-refractivity contribution >= 4 is 21.5 Å². The van der Waals surface area contributed by atoms with Crippen LogP contribution < -0.4 is 0 Å². The Morgan fingerprint density at radius 1 is 0.219 bits per heavy atom. The zero-order valence-corrected chi connectivity index (χ0v) is 44.8. The second-order valence-corrected chi connectivity index (χ2v) is 25.5. The summed E-state index contributed by atoms with van der Waals surface area (Å²) in [6.45, 7) is 28.2. The molecule has 10 aromatic carbocycles. The van der Waals surface area contributed by atoms with Crippen LogP contribution in [0.2, 0.25) is 0 Å². The number of hydrogen-bond donors (Lipinski definition) is 0. The molecule has 0 radical (unpaired) electrons. The van der Waals surface area contributed by atoms with E-state index in [1.54, 1.807) is 0 Å². The van der Waals surface area contributed by atoms with Gasteiger partial charge in [0.25, 0.3) is 0 Å². The first-order chi connectivity index (χ1) is 34.6. The van der Waals surface area contributed by atoms with Crippen molar-refractivity contribution < 1.29 is 0 Å². The Hall–Kier alpha value is -7.28. The summed E-state index contributed by atoms with van der Waals surface area (Å²) >= 11 is 0. The first kappa shape index (κ1) is 45.6. The van der Waals surface area contributed by atoms with Gasteiger partial charge in [-0.1, -0.05) is 217 Å². The Morgan fingerprint density at radius 3 is 0.726 bits per heavy atom. The normalized spacial score (nSPS) is 15.5. The minimum absolute atomic E-state index is 0.0644. The fraction of sp³-hybridized carbons (Fsp3) is 0.233. The van der Waals surface area contributed by atoms with Gasteiger partial charge in [-0.3, -0.25) is 0 Å². The third kappa shape index (κ3) is 7.00. The van der Waals surface area contributed by atoms with Gasteiger partial charge < -0.3 is 0 Å². The molecule has 358 valence electrons. The summed E-state index contributed by atoms with van der Waals surface area (Å²) in [4.78, 5) is 0. The van der Waals surface area contributed by atoms with E-state index in [0.717, 1.165) is 0 Å². The highest BCUT2D eigenvalue weighted by Gasteiger charge is 2.40. The van der Waals surface area contributed by atoms with Gasteiger partial charge in [-0.2, -0.15) is 0 Å². The Morgan fingerprint density at radius 2 is 0.425 bits per heavy atom. The van der Waals surface area contributed by atoms with Crippen LogP contribution in [0.25, 0.3) is 99.4 Å². The quantitative estimate of drug-likeness (QED) is 0.165. The molecule has 0 N–H and O–H groups in total. The van der Waals surface area contributed by atoms with E-state index < -0.39 is 0 Å². The maximum atomic E-state index is 2.48. The largest absolute Gasteiger partial charge is 0.0579 e. The van der Waals surface area contributed by atoms with Gasteiger partial charge in [0.2, 0.25) is 0 Å². The fourth-order valence-electron chi connectivity index (χ4n) is 13.1. The van der Waals surface area contributed by atoms with E-state index in [1.165, 1.54) is 144 Å². The summed E-state index contributed by atoms with van der Waals surface area (Å²) in [5.41, 5.74) is 29.4. The monoisotopic (exact) mass is 943 g/mol. The van der Waals surface area contributed by atoms with Crippen LogP contribution >= 0.6 is 0 Å². The second-order valence-electron chi connectivity index (χ2n) is 25.5. The molecule has 0 saturated heterocycles. The molecule has 0 bridgehead atoms. The molecule has 0 heterocycles. The predicted molar refractivity (Wildman–Crippen MR) is 313 cm³/mol. The first-order valence-corrected chi connectivity index (χ1v) is 26.6. The molecule has 0 aliphatic heterocycles. The summed E-state index contributed by atoms with van der Waals surface area (Å²) in [6.07, 6.45) is 0. The predicted octanol–water partition coefficient (Wildman–Crippen LogP) is 20.2. The third-order valence-corrected chi connectivity index (χ3v) is 17.8. The summed E-state index contributed by atoms with van der Waals surface area (Å²) < 4.78 is 0. The molecule has 0 atom stereocenters. The molecule has 0 aromatic heterocycles. The van der Waals surface area contributed by atoms with E-state index >= 15 is 0 Å². The summed E-state index contributed by atoms with van der Waals surface area (Å²) in [7, 11) is 0. The summed E-state index contributed by atoms with van der Waals surface area (Å²) in [5.74, 6) is 0. The van der Waals surface area contributed by atoms with E-state index in [9.17, 15) is 0 Å². The van der Waals surface area contributed by atoms with Gasteiger partial charge >= 0.3 is 0 Å². The number of rotatable bonds is 4. The maximum absolute atomic E-state index is 2.48. The van der Waals surface area contributed by atoms with Crippen molar-refractivity contribution in [3.05, 3.63) is 226 Å². The lowest BCUT2D eigenvalue weighted by atomic mass is 9.78. The molecule has 13 rings (SSSR count). The molecular formula is C73H66. The van der Waals surface area contributed by atoms with Gasteiger partial charge in [0.15, 0.2) is 0 Å². The van der Waals surface area contributed by atoms with Crippen LogP contribution in [0.5, 0.6) is 0 Å². The fourth-order valence-corrected chi connectivity index (χ4v) is 13.1. The topological polar surface area (TPSA) is 0 Å². The molecular weight excluding hydrogens is 877 g/mol. The summed E-state index contributed by atoms with van der Waals surface area (Å²) in [6, 6.07) is 70.8. The highest BCUT2D eigenvalue weighted by Crippen LogP contribution is 2.55. The standard InChI is InChI=1S/C73H66/c1-69(2,3)55-25-19-48-35-46(17-18-49(48)36-55)43-13-14-45-34-47(16-15-44(45)33-43)50-20-27-57-58-28-21-51(38-64(58)71(7,8)63(57)37-50)52-22-29-59-60-30-23-53(40-66(60)72(9,10)65(59)39-52)54-24-31-61-62-32-26-56(70(4,5)6)42-68(62)73(11,12)67(61)41-54/h13-42H,1-12H3. The van der Waals surface area contributed by atoms with E-state index in [4.69, 9.17) is 0 Å². The van der Waals surface area contributed by atoms with Crippen molar-refractivity contribution in [3.8, 4) is 77.9 Å². The number of hydrogen-bond acceptors (Lipinski definition) is 0. The van der Waals surface area contributed by atoms with Crippen LogP contribution in [0.3, 0.4) is 0 Å². The Balaban J connectivity index is 0.764. The van der Waals surface area contributed by atoms with Crippen LogP contribution in [-0.4, -0.2) is 0 Å². The molecule has 0 saturated carbocycles. The van der Waals surface area contributed by atoms with Gasteiger partial charge in [0.05, 0.1) is 0 Å². The third-order valence-electron chi connectivity index (χ3n) is 17.8. The number of fused-ring (bicyclic) bond motifs is 11. The van der Waals surface area contributed by atoms with Crippen LogP contribution in [0, 0.1) is 0 Å². The van der Waals surface area contributed by atoms with Crippen molar-refractivity contribution in [2.45, 2.75) is 110 Å². The molecule has 0 nitrogen and oxygen atoms in total. The molecule has 0 amide bonds. The zero-order chi connectivity index (χ0) is 50.7. The van der Waals surface area contributed by atoms with E-state index in [2.05, 4.69) is 265 Å². The van der Waals surface area contributed by atoms with Crippen LogP contribution in [0.15, 0.2) is 182 Å². The highest BCUT2D eigenvalue weighted by atomic mass is 14.4. The maximum Gasteiger partial charge on any atom is 0.0159 e. The number of benzene rings is 10. The van der Waals surface area contributed by atoms with Gasteiger partial charge in [-0.05, 0) is 203 Å². The summed E-state index contributed by atoms with van der Waals surface area (Å²) in [5, 5.41) is 5.10.